The highest BCUT2D eigenvalue weighted by Gasteiger charge is 2.14. The van der Waals surface area contributed by atoms with E-state index in [1.54, 1.807) is 4.68 Å². The highest BCUT2D eigenvalue weighted by Crippen LogP contribution is 2.29. The molecule has 0 atom stereocenters. The van der Waals surface area contributed by atoms with Crippen molar-refractivity contribution in [1.82, 2.24) is 9.78 Å². The van der Waals surface area contributed by atoms with Gasteiger partial charge in [0.1, 0.15) is 5.75 Å². The number of benzene rings is 2. The fraction of sp³-hybridized carbons (Fsp3) is 0.235. The van der Waals surface area contributed by atoms with Gasteiger partial charge in [-0.3, -0.25) is 0 Å². The summed E-state index contributed by atoms with van der Waals surface area (Å²) in [5.41, 5.74) is 7.73. The predicted octanol–water partition coefficient (Wildman–Crippen LogP) is 3.18. The molecule has 3 aromatic rings. The number of rotatable bonds is 4. The number of hydrogen-bond donors (Lipinski definition) is 1. The van der Waals surface area contributed by atoms with Crippen LogP contribution in [0.2, 0.25) is 0 Å². The van der Waals surface area contributed by atoms with Crippen LogP contribution in [0.4, 0.5) is 0 Å². The van der Waals surface area contributed by atoms with E-state index in [0.717, 1.165) is 34.7 Å². The van der Waals surface area contributed by atoms with Gasteiger partial charge in [-0.25, -0.2) is 4.68 Å². The van der Waals surface area contributed by atoms with Crippen LogP contribution in [0.5, 0.6) is 11.6 Å². The summed E-state index contributed by atoms with van der Waals surface area (Å²) < 4.78 is 7.84. The Bertz CT molecular complexity index is 777. The molecule has 0 saturated heterocycles. The van der Waals surface area contributed by atoms with Crippen LogP contribution in [0.25, 0.3) is 10.8 Å². The highest BCUT2D eigenvalue weighted by molar-refractivity contribution is 5.83. The van der Waals surface area contributed by atoms with E-state index in [2.05, 4.69) is 23.3 Å². The molecule has 2 N–H and O–H groups in total. The lowest BCUT2D eigenvalue weighted by atomic mass is 10.1. The maximum atomic E-state index is 6.07. The van der Waals surface area contributed by atoms with Gasteiger partial charge in [0.2, 0.25) is 5.88 Å². The molecule has 21 heavy (non-hydrogen) atoms. The summed E-state index contributed by atoms with van der Waals surface area (Å²) in [5.74, 6) is 1.59. The van der Waals surface area contributed by atoms with E-state index in [-0.39, 0.29) is 0 Å². The van der Waals surface area contributed by atoms with Crippen molar-refractivity contribution in [2.45, 2.75) is 13.3 Å². The summed E-state index contributed by atoms with van der Waals surface area (Å²) in [6, 6.07) is 14.3. The van der Waals surface area contributed by atoms with Crippen LogP contribution in [-0.2, 0) is 13.5 Å². The van der Waals surface area contributed by atoms with Crippen molar-refractivity contribution in [2.24, 2.45) is 12.8 Å². The predicted molar refractivity (Wildman–Crippen MR) is 84.7 cm³/mol. The normalized spacial score (nSPS) is 11.0. The number of nitrogens with zero attached hydrogens (tertiary/aromatic N) is 2. The zero-order valence-electron chi connectivity index (χ0n) is 12.3. The molecule has 0 unspecified atom stereocenters. The summed E-state index contributed by atoms with van der Waals surface area (Å²) in [6.45, 7) is 2.57. The number of nitrogens with two attached hydrogens (primary N) is 1. The van der Waals surface area contributed by atoms with Crippen LogP contribution >= 0.6 is 0 Å². The van der Waals surface area contributed by atoms with E-state index in [1.807, 2.05) is 38.2 Å². The lowest BCUT2D eigenvalue weighted by molar-refractivity contribution is 0.426. The van der Waals surface area contributed by atoms with E-state index >= 15 is 0 Å². The lowest BCUT2D eigenvalue weighted by Crippen LogP contribution is -2.04. The third kappa shape index (κ3) is 2.62. The van der Waals surface area contributed by atoms with Gasteiger partial charge in [0.05, 0.1) is 5.69 Å². The third-order valence-corrected chi connectivity index (χ3v) is 3.62. The van der Waals surface area contributed by atoms with Gasteiger partial charge in [0.15, 0.2) is 0 Å². The topological polar surface area (TPSA) is 53.1 Å². The minimum Gasteiger partial charge on any atom is -0.439 e. The molecule has 0 amide bonds. The lowest BCUT2D eigenvalue weighted by Gasteiger charge is -2.09. The summed E-state index contributed by atoms with van der Waals surface area (Å²) in [4.78, 5) is 0. The first-order valence-corrected chi connectivity index (χ1v) is 7.08. The average molecular weight is 281 g/mol. The Hall–Kier alpha value is -2.33. The fourth-order valence-electron chi connectivity index (χ4n) is 2.58. The van der Waals surface area contributed by atoms with E-state index in [9.17, 15) is 0 Å². The van der Waals surface area contributed by atoms with E-state index in [0.29, 0.717) is 6.54 Å². The first-order valence-electron chi connectivity index (χ1n) is 7.08. The second kappa shape index (κ2) is 5.58. The fourth-order valence-corrected chi connectivity index (χ4v) is 2.58. The van der Waals surface area contributed by atoms with Crippen molar-refractivity contribution in [2.75, 3.05) is 6.54 Å². The van der Waals surface area contributed by atoms with Gasteiger partial charge in [-0.1, -0.05) is 30.3 Å². The van der Waals surface area contributed by atoms with Gasteiger partial charge in [-0.2, -0.15) is 5.10 Å². The van der Waals surface area contributed by atoms with Crippen LogP contribution in [-0.4, -0.2) is 16.3 Å². The second-order valence-electron chi connectivity index (χ2n) is 5.14. The summed E-state index contributed by atoms with van der Waals surface area (Å²) >= 11 is 0. The Balaban J connectivity index is 1.98. The molecule has 4 heteroatoms. The minimum absolute atomic E-state index is 0.584. The van der Waals surface area contributed by atoms with Crippen molar-refractivity contribution < 1.29 is 4.74 Å². The molecule has 0 bridgehead atoms. The monoisotopic (exact) mass is 281 g/mol. The van der Waals surface area contributed by atoms with Crippen LogP contribution in [0.1, 0.15) is 11.3 Å². The molecule has 0 spiro atoms. The molecule has 0 aliphatic rings. The van der Waals surface area contributed by atoms with Crippen molar-refractivity contribution in [1.29, 1.82) is 0 Å². The van der Waals surface area contributed by atoms with Crippen LogP contribution < -0.4 is 10.5 Å². The quantitative estimate of drug-likeness (QED) is 0.799. The average Bonchev–Trinajstić information content (AvgIpc) is 2.75. The first-order chi connectivity index (χ1) is 10.2. The summed E-state index contributed by atoms with van der Waals surface area (Å²) in [5, 5.41) is 6.79. The molecular formula is C17H19N3O. The summed E-state index contributed by atoms with van der Waals surface area (Å²) in [7, 11) is 1.89. The van der Waals surface area contributed by atoms with Gasteiger partial charge in [-0.05, 0) is 42.8 Å². The van der Waals surface area contributed by atoms with Crippen molar-refractivity contribution in [3.63, 3.8) is 0 Å². The zero-order valence-corrected chi connectivity index (χ0v) is 12.3. The van der Waals surface area contributed by atoms with Crippen molar-refractivity contribution >= 4 is 10.8 Å². The molecule has 1 aromatic heterocycles. The van der Waals surface area contributed by atoms with Gasteiger partial charge in [0, 0.05) is 12.6 Å². The molecule has 0 radical (unpaired) electrons. The standard InChI is InChI=1S/C17H19N3O/c1-12-16(9-10-18)17(20(2)19-12)21-15-8-7-13-5-3-4-6-14(13)11-15/h3-8,11H,9-10,18H2,1-2H3. The number of hydrogen-bond acceptors (Lipinski definition) is 3. The Kier molecular flexibility index (Phi) is 3.62. The molecule has 0 fully saturated rings. The van der Waals surface area contributed by atoms with Crippen molar-refractivity contribution in [3.8, 4) is 11.6 Å². The maximum Gasteiger partial charge on any atom is 0.221 e. The number of aryl methyl sites for hydroxylation is 2. The van der Waals surface area contributed by atoms with Crippen LogP contribution in [0.15, 0.2) is 42.5 Å². The molecule has 3 rings (SSSR count). The van der Waals surface area contributed by atoms with Crippen molar-refractivity contribution in [3.05, 3.63) is 53.7 Å². The molecule has 0 aliphatic heterocycles. The molecule has 0 saturated carbocycles. The number of fused-ring (bicyclic) bond motifs is 1. The largest absolute Gasteiger partial charge is 0.439 e. The number of ether oxygens (including phenoxy) is 1. The summed E-state index contributed by atoms with van der Waals surface area (Å²) in [6.07, 6.45) is 0.766. The van der Waals surface area contributed by atoms with E-state index in [1.165, 1.54) is 5.39 Å². The molecule has 4 nitrogen and oxygen atoms in total. The molecule has 108 valence electrons. The minimum atomic E-state index is 0.584. The SMILES string of the molecule is Cc1nn(C)c(Oc2ccc3ccccc3c2)c1CCN. The molecule has 0 aliphatic carbocycles. The number of aromatic nitrogens is 2. The smallest absolute Gasteiger partial charge is 0.221 e. The van der Waals surface area contributed by atoms with Gasteiger partial charge in [0.25, 0.3) is 0 Å². The van der Waals surface area contributed by atoms with Gasteiger partial charge >= 0.3 is 0 Å². The van der Waals surface area contributed by atoms with E-state index < -0.39 is 0 Å². The van der Waals surface area contributed by atoms with Gasteiger partial charge in [-0.15, -0.1) is 0 Å². The highest BCUT2D eigenvalue weighted by atomic mass is 16.5. The maximum absolute atomic E-state index is 6.07. The van der Waals surface area contributed by atoms with Crippen LogP contribution in [0, 0.1) is 6.92 Å². The van der Waals surface area contributed by atoms with Crippen LogP contribution in [0.3, 0.4) is 0 Å². The first kappa shape index (κ1) is 13.6. The van der Waals surface area contributed by atoms with Gasteiger partial charge < -0.3 is 10.5 Å². The Morgan fingerprint density at radius 1 is 1.14 bits per heavy atom. The molecule has 2 aromatic carbocycles. The van der Waals surface area contributed by atoms with E-state index in [4.69, 9.17) is 10.5 Å². The zero-order chi connectivity index (χ0) is 14.8. The molecule has 1 heterocycles. The Morgan fingerprint density at radius 2 is 1.90 bits per heavy atom. The Labute approximate surface area is 124 Å². The second-order valence-corrected chi connectivity index (χ2v) is 5.14. The Morgan fingerprint density at radius 3 is 2.67 bits per heavy atom. The third-order valence-electron chi connectivity index (χ3n) is 3.62. The molecular weight excluding hydrogens is 262 g/mol.